The monoisotopic (exact) mass is 337 g/mol. The van der Waals surface area contributed by atoms with E-state index in [2.05, 4.69) is 4.90 Å². The smallest absolute Gasteiger partial charge is 0.335 e. The van der Waals surface area contributed by atoms with Crippen LogP contribution in [0.1, 0.15) is 26.3 Å². The molecule has 0 unspecified atom stereocenters. The lowest BCUT2D eigenvalue weighted by Gasteiger charge is -2.28. The Bertz CT molecular complexity index is 772. The number of allylic oxidation sites excluding steroid dienone is 1. The zero-order chi connectivity index (χ0) is 17.6. The fraction of sp³-hybridized carbons (Fsp3) is 0.200. The van der Waals surface area contributed by atoms with Crippen LogP contribution < -0.4 is 4.90 Å². The van der Waals surface area contributed by atoms with Crippen molar-refractivity contribution >= 4 is 23.5 Å². The van der Waals surface area contributed by atoms with Gasteiger partial charge < -0.3 is 14.7 Å². The first-order valence-electron chi connectivity index (χ1n) is 8.12. The third kappa shape index (κ3) is 4.33. The summed E-state index contributed by atoms with van der Waals surface area (Å²) in [7, 11) is 0. The maximum atomic E-state index is 12.3. The largest absolute Gasteiger partial charge is 0.478 e. The number of anilines is 1. The van der Waals surface area contributed by atoms with Crippen molar-refractivity contribution in [1.82, 2.24) is 0 Å². The minimum Gasteiger partial charge on any atom is -0.478 e. The van der Waals surface area contributed by atoms with E-state index in [0.717, 1.165) is 37.6 Å². The number of carboxylic acids is 1. The zero-order valence-electron chi connectivity index (χ0n) is 13.7. The van der Waals surface area contributed by atoms with Gasteiger partial charge in [-0.2, -0.15) is 0 Å². The number of benzene rings is 2. The summed E-state index contributed by atoms with van der Waals surface area (Å²) in [5.41, 5.74) is 2.72. The number of nitrogens with zero attached hydrogens (tertiary/aromatic N) is 1. The lowest BCUT2D eigenvalue weighted by molar-refractivity contribution is 0.0696. The Hall–Kier alpha value is -2.92. The molecule has 0 radical (unpaired) electrons. The van der Waals surface area contributed by atoms with Gasteiger partial charge in [0.15, 0.2) is 5.78 Å². The van der Waals surface area contributed by atoms with E-state index >= 15 is 0 Å². The number of ketones is 1. The number of morpholine rings is 1. The summed E-state index contributed by atoms with van der Waals surface area (Å²) in [6.45, 7) is 3.17. The summed E-state index contributed by atoms with van der Waals surface area (Å²) in [5, 5.41) is 8.88. The molecule has 1 heterocycles. The van der Waals surface area contributed by atoms with Crippen molar-refractivity contribution in [3.63, 3.8) is 0 Å². The lowest BCUT2D eigenvalue weighted by atomic mass is 10.1. The van der Waals surface area contributed by atoms with Gasteiger partial charge in [0.2, 0.25) is 0 Å². The standard InChI is InChI=1S/C20H19NO4/c22-19(10-3-15-1-4-17(5-2-15)20(23)24)16-6-8-18(9-7-16)21-11-13-25-14-12-21/h1-10H,11-14H2,(H,23,24)/b10-3-. The van der Waals surface area contributed by atoms with Crippen LogP contribution in [0.4, 0.5) is 5.69 Å². The third-order valence-electron chi connectivity index (χ3n) is 4.11. The molecule has 0 saturated carbocycles. The van der Waals surface area contributed by atoms with E-state index in [1.54, 1.807) is 18.2 Å². The van der Waals surface area contributed by atoms with Crippen LogP contribution in [0, 0.1) is 0 Å². The fourth-order valence-corrected chi connectivity index (χ4v) is 2.66. The summed E-state index contributed by atoms with van der Waals surface area (Å²) in [4.78, 5) is 25.3. The average Bonchev–Trinajstić information content (AvgIpc) is 2.67. The van der Waals surface area contributed by atoms with E-state index in [1.807, 2.05) is 24.3 Å². The summed E-state index contributed by atoms with van der Waals surface area (Å²) >= 11 is 0. The van der Waals surface area contributed by atoms with Gasteiger partial charge in [-0.15, -0.1) is 0 Å². The highest BCUT2D eigenvalue weighted by Crippen LogP contribution is 2.17. The van der Waals surface area contributed by atoms with Gasteiger partial charge >= 0.3 is 5.97 Å². The maximum Gasteiger partial charge on any atom is 0.335 e. The van der Waals surface area contributed by atoms with Gasteiger partial charge in [0.1, 0.15) is 0 Å². The summed E-state index contributed by atoms with van der Waals surface area (Å²) in [5.74, 6) is -1.05. The second-order valence-electron chi connectivity index (χ2n) is 5.77. The molecular weight excluding hydrogens is 318 g/mol. The van der Waals surface area contributed by atoms with Gasteiger partial charge in [-0.1, -0.05) is 18.2 Å². The van der Waals surface area contributed by atoms with Gasteiger partial charge in [-0.3, -0.25) is 4.79 Å². The molecule has 1 fully saturated rings. The molecule has 25 heavy (non-hydrogen) atoms. The Balaban J connectivity index is 1.65. The number of ether oxygens (including phenoxy) is 1. The molecule has 0 bridgehead atoms. The van der Waals surface area contributed by atoms with Crippen molar-refractivity contribution in [2.45, 2.75) is 0 Å². The number of carboxylic acid groups (broad SMARTS) is 1. The Kier molecular flexibility index (Phi) is 5.26. The van der Waals surface area contributed by atoms with Crippen LogP contribution in [0.3, 0.4) is 0 Å². The van der Waals surface area contributed by atoms with Gasteiger partial charge in [-0.25, -0.2) is 4.79 Å². The summed E-state index contributed by atoms with van der Waals surface area (Å²) in [6.07, 6.45) is 3.18. The van der Waals surface area contributed by atoms with Crippen LogP contribution >= 0.6 is 0 Å². The van der Waals surface area contributed by atoms with Crippen LogP contribution in [0.15, 0.2) is 54.6 Å². The quantitative estimate of drug-likeness (QED) is 0.671. The molecule has 1 aliphatic rings. The topological polar surface area (TPSA) is 66.8 Å². The van der Waals surface area contributed by atoms with E-state index in [1.165, 1.54) is 18.2 Å². The molecule has 128 valence electrons. The minimum atomic E-state index is -0.966. The highest BCUT2D eigenvalue weighted by Gasteiger charge is 2.11. The van der Waals surface area contributed by atoms with Gasteiger partial charge in [0.05, 0.1) is 18.8 Å². The Labute approximate surface area is 146 Å². The predicted molar refractivity (Wildman–Crippen MR) is 96.2 cm³/mol. The molecule has 2 aromatic carbocycles. The molecule has 0 aromatic heterocycles. The van der Waals surface area contributed by atoms with E-state index in [-0.39, 0.29) is 11.3 Å². The highest BCUT2D eigenvalue weighted by atomic mass is 16.5. The molecule has 3 rings (SSSR count). The van der Waals surface area contributed by atoms with E-state index in [0.29, 0.717) is 5.56 Å². The Morgan fingerprint density at radius 3 is 2.12 bits per heavy atom. The normalized spacial score (nSPS) is 14.6. The zero-order valence-corrected chi connectivity index (χ0v) is 13.7. The number of hydrogen-bond acceptors (Lipinski definition) is 4. The molecule has 1 saturated heterocycles. The molecule has 1 aliphatic heterocycles. The summed E-state index contributed by atoms with van der Waals surface area (Å²) in [6, 6.07) is 13.9. The van der Waals surface area contributed by atoms with Crippen molar-refractivity contribution in [3.8, 4) is 0 Å². The van der Waals surface area contributed by atoms with E-state index < -0.39 is 5.97 Å². The lowest BCUT2D eigenvalue weighted by Crippen LogP contribution is -2.36. The molecule has 0 spiro atoms. The third-order valence-corrected chi connectivity index (χ3v) is 4.11. The fourth-order valence-electron chi connectivity index (χ4n) is 2.66. The first kappa shape index (κ1) is 16.9. The Morgan fingerprint density at radius 2 is 1.52 bits per heavy atom. The van der Waals surface area contributed by atoms with Crippen LogP contribution in [0.25, 0.3) is 6.08 Å². The molecule has 2 aromatic rings. The van der Waals surface area contributed by atoms with Crippen molar-refractivity contribution in [3.05, 3.63) is 71.3 Å². The predicted octanol–water partition coefficient (Wildman–Crippen LogP) is 3.12. The number of hydrogen-bond donors (Lipinski definition) is 1. The van der Waals surface area contributed by atoms with Gasteiger partial charge in [0, 0.05) is 24.3 Å². The van der Waals surface area contributed by atoms with Crippen molar-refractivity contribution < 1.29 is 19.4 Å². The molecule has 0 atom stereocenters. The molecule has 5 heteroatoms. The van der Waals surface area contributed by atoms with Crippen molar-refractivity contribution in [2.24, 2.45) is 0 Å². The second-order valence-corrected chi connectivity index (χ2v) is 5.77. The van der Waals surface area contributed by atoms with Crippen molar-refractivity contribution in [1.29, 1.82) is 0 Å². The first-order chi connectivity index (χ1) is 12.1. The van der Waals surface area contributed by atoms with Crippen molar-refractivity contribution in [2.75, 3.05) is 31.2 Å². The number of rotatable bonds is 5. The highest BCUT2D eigenvalue weighted by molar-refractivity contribution is 6.07. The molecule has 0 aliphatic carbocycles. The van der Waals surface area contributed by atoms with Crippen LogP contribution in [0.2, 0.25) is 0 Å². The number of aromatic carboxylic acids is 1. The van der Waals surface area contributed by atoms with Crippen LogP contribution in [0.5, 0.6) is 0 Å². The first-order valence-corrected chi connectivity index (χ1v) is 8.12. The van der Waals surface area contributed by atoms with Gasteiger partial charge in [0.25, 0.3) is 0 Å². The van der Waals surface area contributed by atoms with E-state index in [9.17, 15) is 9.59 Å². The van der Waals surface area contributed by atoms with Crippen LogP contribution in [-0.2, 0) is 4.74 Å². The van der Waals surface area contributed by atoms with E-state index in [4.69, 9.17) is 9.84 Å². The molecule has 0 amide bonds. The van der Waals surface area contributed by atoms with Crippen LogP contribution in [-0.4, -0.2) is 43.2 Å². The van der Waals surface area contributed by atoms with Gasteiger partial charge in [-0.05, 0) is 48.0 Å². The number of carbonyl (C=O) groups excluding carboxylic acids is 1. The minimum absolute atomic E-state index is 0.0872. The Morgan fingerprint density at radius 1 is 0.920 bits per heavy atom. The number of carbonyl (C=O) groups is 2. The SMILES string of the molecule is O=C(O)c1ccc(/C=C\C(=O)c2ccc(N3CCOCC3)cc2)cc1. The average molecular weight is 337 g/mol. The summed E-state index contributed by atoms with van der Waals surface area (Å²) < 4.78 is 5.34. The molecule has 5 nitrogen and oxygen atoms in total. The second kappa shape index (κ2) is 7.77. The molecular formula is C20H19NO4. The molecule has 1 N–H and O–H groups in total. The maximum absolute atomic E-state index is 12.3.